The van der Waals surface area contributed by atoms with Crippen molar-refractivity contribution in [3.05, 3.63) is 23.5 Å². The molecule has 0 spiro atoms. The minimum atomic E-state index is 0.693. The molecule has 0 bridgehead atoms. The second-order valence-corrected chi connectivity index (χ2v) is 7.34. The summed E-state index contributed by atoms with van der Waals surface area (Å²) < 4.78 is 0. The zero-order chi connectivity index (χ0) is 14.8. The molecular weight excluding hydrogens is 258 g/mol. The first kappa shape index (κ1) is 14.8. The molecule has 1 aliphatic carbocycles. The Labute approximate surface area is 129 Å². The summed E-state index contributed by atoms with van der Waals surface area (Å²) in [5, 5.41) is 3.57. The second kappa shape index (κ2) is 6.35. The van der Waals surface area contributed by atoms with Crippen LogP contribution in [0.4, 0.5) is 5.69 Å². The SMILES string of the molecule is Cc1cc(N2CC3CCCC3C2)c(CNCC(C)C)cn1. The van der Waals surface area contributed by atoms with E-state index in [0.717, 1.165) is 30.6 Å². The molecule has 2 aliphatic rings. The average Bonchev–Trinajstić information content (AvgIpc) is 3.00. The van der Waals surface area contributed by atoms with Crippen molar-refractivity contribution in [2.75, 3.05) is 24.5 Å². The van der Waals surface area contributed by atoms with Gasteiger partial charge in [-0.15, -0.1) is 0 Å². The van der Waals surface area contributed by atoms with Gasteiger partial charge in [0.2, 0.25) is 0 Å². The standard InChI is InChI=1S/C18H29N3/c1-13(2)8-19-9-17-10-20-14(3)7-18(17)21-11-15-5-4-6-16(15)12-21/h7,10,13,15-16,19H,4-6,8-9,11-12H2,1-3H3. The highest BCUT2D eigenvalue weighted by molar-refractivity contribution is 5.54. The zero-order valence-electron chi connectivity index (χ0n) is 13.7. The summed E-state index contributed by atoms with van der Waals surface area (Å²) in [6.07, 6.45) is 6.39. The van der Waals surface area contributed by atoms with Crippen LogP contribution >= 0.6 is 0 Å². The van der Waals surface area contributed by atoms with E-state index >= 15 is 0 Å². The van der Waals surface area contributed by atoms with Gasteiger partial charge in [0.25, 0.3) is 0 Å². The molecule has 3 rings (SSSR count). The van der Waals surface area contributed by atoms with Crippen molar-refractivity contribution in [2.45, 2.75) is 46.6 Å². The number of pyridine rings is 1. The summed E-state index contributed by atoms with van der Waals surface area (Å²) in [6, 6.07) is 2.29. The predicted octanol–water partition coefficient (Wildman–Crippen LogP) is 3.37. The molecule has 1 saturated heterocycles. The predicted molar refractivity (Wildman–Crippen MR) is 88.6 cm³/mol. The molecule has 2 atom stereocenters. The molecule has 3 heteroatoms. The average molecular weight is 287 g/mol. The van der Waals surface area contributed by atoms with Gasteiger partial charge < -0.3 is 10.2 Å². The molecule has 2 unspecified atom stereocenters. The van der Waals surface area contributed by atoms with E-state index in [0.29, 0.717) is 5.92 Å². The Hall–Kier alpha value is -1.09. The Morgan fingerprint density at radius 1 is 1.29 bits per heavy atom. The highest BCUT2D eigenvalue weighted by Gasteiger charge is 2.36. The summed E-state index contributed by atoms with van der Waals surface area (Å²) in [5.41, 5.74) is 3.92. The topological polar surface area (TPSA) is 28.2 Å². The van der Waals surface area contributed by atoms with Crippen LogP contribution in [0.25, 0.3) is 0 Å². The van der Waals surface area contributed by atoms with Gasteiger partial charge >= 0.3 is 0 Å². The van der Waals surface area contributed by atoms with E-state index in [1.807, 2.05) is 0 Å². The van der Waals surface area contributed by atoms with Crippen molar-refractivity contribution in [1.82, 2.24) is 10.3 Å². The maximum absolute atomic E-state index is 4.51. The van der Waals surface area contributed by atoms with E-state index in [-0.39, 0.29) is 0 Å². The van der Waals surface area contributed by atoms with E-state index in [1.54, 1.807) is 0 Å². The molecular formula is C18H29N3. The second-order valence-electron chi connectivity index (χ2n) is 7.34. The zero-order valence-corrected chi connectivity index (χ0v) is 13.7. The number of fused-ring (bicyclic) bond motifs is 1. The molecule has 1 aromatic rings. The van der Waals surface area contributed by atoms with E-state index in [4.69, 9.17) is 0 Å². The molecule has 1 saturated carbocycles. The summed E-state index contributed by atoms with van der Waals surface area (Å²) in [5.74, 6) is 2.57. The van der Waals surface area contributed by atoms with Gasteiger partial charge in [0.1, 0.15) is 0 Å². The fraction of sp³-hybridized carbons (Fsp3) is 0.722. The quantitative estimate of drug-likeness (QED) is 0.900. The Morgan fingerprint density at radius 2 is 2.00 bits per heavy atom. The lowest BCUT2D eigenvalue weighted by Crippen LogP contribution is -2.25. The van der Waals surface area contributed by atoms with Crippen molar-refractivity contribution in [2.24, 2.45) is 17.8 Å². The van der Waals surface area contributed by atoms with Crippen LogP contribution in [0.2, 0.25) is 0 Å². The first-order valence-electron chi connectivity index (χ1n) is 8.54. The number of nitrogens with zero attached hydrogens (tertiary/aromatic N) is 2. The monoisotopic (exact) mass is 287 g/mol. The molecule has 3 nitrogen and oxygen atoms in total. The summed E-state index contributed by atoms with van der Waals surface area (Å²) in [6.45, 7) is 11.1. The lowest BCUT2D eigenvalue weighted by Gasteiger charge is -2.23. The van der Waals surface area contributed by atoms with Crippen LogP contribution in [0, 0.1) is 24.7 Å². The van der Waals surface area contributed by atoms with Gasteiger partial charge in [0.15, 0.2) is 0 Å². The third kappa shape index (κ3) is 3.39. The van der Waals surface area contributed by atoms with E-state index in [9.17, 15) is 0 Å². The van der Waals surface area contributed by atoms with Crippen LogP contribution in [0.3, 0.4) is 0 Å². The molecule has 1 N–H and O–H groups in total. The fourth-order valence-electron chi connectivity index (χ4n) is 3.93. The van der Waals surface area contributed by atoms with Gasteiger partial charge in [0.05, 0.1) is 0 Å². The first-order chi connectivity index (χ1) is 10.1. The molecule has 21 heavy (non-hydrogen) atoms. The Morgan fingerprint density at radius 3 is 2.67 bits per heavy atom. The van der Waals surface area contributed by atoms with Crippen LogP contribution in [-0.2, 0) is 6.54 Å². The van der Waals surface area contributed by atoms with E-state index in [2.05, 4.69) is 48.2 Å². The number of hydrogen-bond acceptors (Lipinski definition) is 3. The smallest absolute Gasteiger partial charge is 0.0445 e. The van der Waals surface area contributed by atoms with Crippen molar-refractivity contribution in [3.8, 4) is 0 Å². The molecule has 0 radical (unpaired) electrons. The lowest BCUT2D eigenvalue weighted by molar-refractivity contribution is 0.494. The van der Waals surface area contributed by atoms with E-state index in [1.165, 1.54) is 43.6 Å². The summed E-state index contributed by atoms with van der Waals surface area (Å²) >= 11 is 0. The lowest BCUT2D eigenvalue weighted by atomic mass is 10.0. The highest BCUT2D eigenvalue weighted by atomic mass is 15.2. The first-order valence-corrected chi connectivity index (χ1v) is 8.54. The Bertz CT molecular complexity index is 471. The molecule has 1 aliphatic heterocycles. The molecule has 0 aromatic carbocycles. The summed E-state index contributed by atoms with van der Waals surface area (Å²) in [7, 11) is 0. The summed E-state index contributed by atoms with van der Waals surface area (Å²) in [4.78, 5) is 7.14. The molecule has 0 amide bonds. The minimum absolute atomic E-state index is 0.693. The molecule has 1 aromatic heterocycles. The molecule has 2 heterocycles. The van der Waals surface area contributed by atoms with Crippen LogP contribution in [0.1, 0.15) is 44.4 Å². The van der Waals surface area contributed by atoms with Crippen molar-refractivity contribution >= 4 is 5.69 Å². The van der Waals surface area contributed by atoms with Gasteiger partial charge in [-0.3, -0.25) is 4.98 Å². The van der Waals surface area contributed by atoms with Crippen molar-refractivity contribution in [1.29, 1.82) is 0 Å². The Kier molecular flexibility index (Phi) is 4.48. The third-order valence-electron chi connectivity index (χ3n) is 5.03. The normalized spacial score (nSPS) is 24.9. The number of hydrogen-bond donors (Lipinski definition) is 1. The Balaban J connectivity index is 1.72. The number of rotatable bonds is 5. The van der Waals surface area contributed by atoms with Crippen LogP contribution in [0.5, 0.6) is 0 Å². The van der Waals surface area contributed by atoms with Crippen molar-refractivity contribution < 1.29 is 0 Å². The van der Waals surface area contributed by atoms with Crippen molar-refractivity contribution in [3.63, 3.8) is 0 Å². The van der Waals surface area contributed by atoms with Gasteiger partial charge in [0, 0.05) is 42.8 Å². The third-order valence-corrected chi connectivity index (χ3v) is 5.03. The van der Waals surface area contributed by atoms with Gasteiger partial charge in [-0.1, -0.05) is 20.3 Å². The number of nitrogens with one attached hydrogen (secondary N) is 1. The van der Waals surface area contributed by atoms with Crippen LogP contribution < -0.4 is 10.2 Å². The number of aromatic nitrogens is 1. The molecule has 116 valence electrons. The van der Waals surface area contributed by atoms with Gasteiger partial charge in [-0.25, -0.2) is 0 Å². The van der Waals surface area contributed by atoms with E-state index < -0.39 is 0 Å². The fourth-order valence-corrected chi connectivity index (χ4v) is 3.93. The number of aryl methyl sites for hydroxylation is 1. The largest absolute Gasteiger partial charge is 0.371 e. The van der Waals surface area contributed by atoms with Crippen LogP contribution in [0.15, 0.2) is 12.3 Å². The number of anilines is 1. The highest BCUT2D eigenvalue weighted by Crippen LogP contribution is 2.40. The molecule has 2 fully saturated rings. The maximum atomic E-state index is 4.51. The maximum Gasteiger partial charge on any atom is 0.0445 e. The minimum Gasteiger partial charge on any atom is -0.371 e. The van der Waals surface area contributed by atoms with Gasteiger partial charge in [-0.2, -0.15) is 0 Å². The van der Waals surface area contributed by atoms with Gasteiger partial charge in [-0.05, 0) is 50.1 Å². The van der Waals surface area contributed by atoms with Crippen LogP contribution in [-0.4, -0.2) is 24.6 Å².